The zero-order chi connectivity index (χ0) is 10.1. The van der Waals surface area contributed by atoms with E-state index >= 15 is 0 Å². The van der Waals surface area contributed by atoms with Gasteiger partial charge in [-0.3, -0.25) is 10.2 Å². The van der Waals surface area contributed by atoms with E-state index in [0.29, 0.717) is 6.54 Å². The third kappa shape index (κ3) is 13.4. The summed E-state index contributed by atoms with van der Waals surface area (Å²) < 4.78 is 0. The Morgan fingerprint density at radius 2 is 2.00 bits per heavy atom. The minimum Gasteiger partial charge on any atom is -0.370 e. The monoisotopic (exact) mass is 220 g/mol. The van der Waals surface area contributed by atoms with E-state index in [1.165, 1.54) is 6.08 Å². The van der Waals surface area contributed by atoms with Crippen molar-refractivity contribution in [2.24, 2.45) is 11.5 Å². The zero-order valence-corrected chi connectivity index (χ0v) is 8.77. The van der Waals surface area contributed by atoms with Crippen LogP contribution in [-0.2, 0) is 4.79 Å². The number of rotatable bonds is 6. The maximum absolute atomic E-state index is 10.3. The van der Waals surface area contributed by atoms with E-state index in [2.05, 4.69) is 5.32 Å². The number of unbranched alkanes of at least 4 members (excludes halogenated alkanes) is 2. The normalized spacial score (nSPS) is 9.43. The molecule has 0 radical (unpaired) electrons. The van der Waals surface area contributed by atoms with Crippen LogP contribution >= 0.6 is 12.4 Å². The molecular formula is C8H17ClN4O. The second kappa shape index (κ2) is 9.85. The summed E-state index contributed by atoms with van der Waals surface area (Å²) in [7, 11) is 0. The molecule has 0 saturated carbocycles. The Morgan fingerprint density at radius 1 is 1.36 bits per heavy atom. The molecular weight excluding hydrogens is 204 g/mol. The van der Waals surface area contributed by atoms with Gasteiger partial charge in [-0.2, -0.15) is 0 Å². The van der Waals surface area contributed by atoms with E-state index in [1.807, 2.05) is 0 Å². The molecule has 0 spiro atoms. The van der Waals surface area contributed by atoms with E-state index in [-0.39, 0.29) is 18.4 Å². The van der Waals surface area contributed by atoms with Crippen LogP contribution in [0.4, 0.5) is 0 Å². The van der Waals surface area contributed by atoms with E-state index < -0.39 is 5.91 Å². The fourth-order valence-electron chi connectivity index (χ4n) is 0.810. The third-order valence-corrected chi connectivity index (χ3v) is 1.40. The first-order valence-corrected chi connectivity index (χ1v) is 4.17. The predicted molar refractivity (Wildman–Crippen MR) is 59.4 cm³/mol. The van der Waals surface area contributed by atoms with Gasteiger partial charge in [-0.1, -0.05) is 6.08 Å². The Balaban J connectivity index is 0. The number of carbonyl (C=O) groups excluding carboxylic acids is 1. The van der Waals surface area contributed by atoms with Crippen LogP contribution in [0.2, 0.25) is 0 Å². The molecule has 0 aliphatic carbocycles. The predicted octanol–water partition coefficient (Wildman–Crippen LogP) is 0.103. The lowest BCUT2D eigenvalue weighted by Crippen LogP contribution is -2.30. The van der Waals surface area contributed by atoms with Crippen LogP contribution in [0.5, 0.6) is 0 Å². The summed E-state index contributed by atoms with van der Waals surface area (Å²) in [5, 5.41) is 9.55. The van der Waals surface area contributed by atoms with Crippen LogP contribution in [0, 0.1) is 5.41 Å². The highest BCUT2D eigenvalue weighted by molar-refractivity contribution is 5.85. The summed E-state index contributed by atoms with van der Waals surface area (Å²) in [6, 6.07) is 0. The van der Waals surface area contributed by atoms with Gasteiger partial charge in [0, 0.05) is 6.54 Å². The van der Waals surface area contributed by atoms with Gasteiger partial charge in [0.15, 0.2) is 5.96 Å². The van der Waals surface area contributed by atoms with Crippen LogP contribution < -0.4 is 16.8 Å². The number of allylic oxidation sites excluding steroid dienone is 1. The molecule has 14 heavy (non-hydrogen) atoms. The molecule has 0 saturated heterocycles. The van der Waals surface area contributed by atoms with E-state index in [9.17, 15) is 4.79 Å². The maximum Gasteiger partial charge on any atom is 0.241 e. The number of nitrogens with one attached hydrogen (secondary N) is 2. The molecule has 6 N–H and O–H groups in total. The van der Waals surface area contributed by atoms with Gasteiger partial charge in [0.2, 0.25) is 5.91 Å². The summed E-state index contributed by atoms with van der Waals surface area (Å²) in [6.45, 7) is 0.694. The van der Waals surface area contributed by atoms with Gasteiger partial charge in [-0.15, -0.1) is 12.4 Å². The Hall–Kier alpha value is -1.23. The molecule has 0 aromatic heterocycles. The van der Waals surface area contributed by atoms with Gasteiger partial charge in [-0.25, -0.2) is 0 Å². The highest BCUT2D eigenvalue weighted by Crippen LogP contribution is 1.94. The van der Waals surface area contributed by atoms with Crippen LogP contribution in [-0.4, -0.2) is 18.4 Å². The number of hydrogen-bond acceptors (Lipinski definition) is 2. The zero-order valence-electron chi connectivity index (χ0n) is 7.95. The topological polar surface area (TPSA) is 105 Å². The lowest BCUT2D eigenvalue weighted by Gasteiger charge is -2.00. The van der Waals surface area contributed by atoms with Gasteiger partial charge in [0.1, 0.15) is 0 Å². The van der Waals surface area contributed by atoms with Crippen molar-refractivity contribution in [1.29, 1.82) is 5.41 Å². The molecule has 5 nitrogen and oxygen atoms in total. The number of hydrogen-bond donors (Lipinski definition) is 4. The fourth-order valence-corrected chi connectivity index (χ4v) is 0.810. The van der Waals surface area contributed by atoms with Crippen molar-refractivity contribution in [3.05, 3.63) is 12.2 Å². The number of nitrogens with two attached hydrogens (primary N) is 2. The van der Waals surface area contributed by atoms with Gasteiger partial charge >= 0.3 is 0 Å². The second-order valence-electron chi connectivity index (χ2n) is 2.64. The van der Waals surface area contributed by atoms with E-state index in [1.54, 1.807) is 6.08 Å². The molecule has 82 valence electrons. The van der Waals surface area contributed by atoms with Gasteiger partial charge in [-0.05, 0) is 25.3 Å². The van der Waals surface area contributed by atoms with Crippen molar-refractivity contribution in [3.8, 4) is 0 Å². The SMILES string of the molecule is Cl.N=C(N)NCCCCC=CC(N)=O. The van der Waals surface area contributed by atoms with Crippen molar-refractivity contribution in [2.75, 3.05) is 6.54 Å². The molecule has 0 heterocycles. The number of carbonyl (C=O) groups is 1. The minimum absolute atomic E-state index is 0. The van der Waals surface area contributed by atoms with Crippen molar-refractivity contribution >= 4 is 24.3 Å². The average molecular weight is 221 g/mol. The molecule has 0 aliphatic rings. The first-order chi connectivity index (χ1) is 6.13. The van der Waals surface area contributed by atoms with Crippen LogP contribution in [0.3, 0.4) is 0 Å². The molecule has 6 heteroatoms. The van der Waals surface area contributed by atoms with Gasteiger partial charge in [0.25, 0.3) is 0 Å². The van der Waals surface area contributed by atoms with Crippen molar-refractivity contribution in [1.82, 2.24) is 5.32 Å². The summed E-state index contributed by atoms with van der Waals surface area (Å²) in [5.74, 6) is -0.422. The summed E-state index contributed by atoms with van der Waals surface area (Å²) in [6.07, 6.45) is 5.80. The quantitative estimate of drug-likeness (QED) is 0.221. The molecule has 0 atom stereocenters. The highest BCUT2D eigenvalue weighted by Gasteiger charge is 1.88. The Morgan fingerprint density at radius 3 is 2.50 bits per heavy atom. The fraction of sp³-hybridized carbons (Fsp3) is 0.500. The van der Waals surface area contributed by atoms with Crippen LogP contribution in [0.25, 0.3) is 0 Å². The minimum atomic E-state index is -0.415. The summed E-state index contributed by atoms with van der Waals surface area (Å²) >= 11 is 0. The molecule has 0 aliphatic heterocycles. The first-order valence-electron chi connectivity index (χ1n) is 4.17. The third-order valence-electron chi connectivity index (χ3n) is 1.40. The number of halogens is 1. The standard InChI is InChI=1S/C8H16N4O.ClH/c9-7(13)5-3-1-2-4-6-12-8(10)11;/h3,5H,1-2,4,6H2,(H2,9,13)(H4,10,11,12);1H. The smallest absolute Gasteiger partial charge is 0.241 e. The first kappa shape index (κ1) is 15.3. The van der Waals surface area contributed by atoms with Crippen molar-refractivity contribution in [2.45, 2.75) is 19.3 Å². The lowest BCUT2D eigenvalue weighted by molar-refractivity contribution is -0.113. The second-order valence-corrected chi connectivity index (χ2v) is 2.64. The van der Waals surface area contributed by atoms with Gasteiger partial charge < -0.3 is 16.8 Å². The lowest BCUT2D eigenvalue weighted by atomic mass is 10.2. The molecule has 0 fully saturated rings. The summed E-state index contributed by atoms with van der Waals surface area (Å²) in [4.78, 5) is 10.3. The van der Waals surface area contributed by atoms with Crippen molar-refractivity contribution < 1.29 is 4.79 Å². The molecule has 0 aromatic rings. The molecule has 0 unspecified atom stereocenters. The van der Waals surface area contributed by atoms with E-state index in [0.717, 1.165) is 19.3 Å². The molecule has 0 bridgehead atoms. The molecule has 1 amide bonds. The summed E-state index contributed by atoms with van der Waals surface area (Å²) in [5.41, 5.74) is 9.96. The Kier molecular flexibility index (Phi) is 10.7. The van der Waals surface area contributed by atoms with E-state index in [4.69, 9.17) is 16.9 Å². The Labute approximate surface area is 89.8 Å². The Bertz CT molecular complexity index is 206. The van der Waals surface area contributed by atoms with Crippen molar-refractivity contribution in [3.63, 3.8) is 0 Å². The number of guanidine groups is 1. The largest absolute Gasteiger partial charge is 0.370 e. The average Bonchev–Trinajstić information content (AvgIpc) is 2.01. The molecule has 0 aromatic carbocycles. The van der Waals surface area contributed by atoms with Crippen LogP contribution in [0.1, 0.15) is 19.3 Å². The number of primary amides is 1. The maximum atomic E-state index is 10.3. The molecule has 0 rings (SSSR count). The van der Waals surface area contributed by atoms with Gasteiger partial charge in [0.05, 0.1) is 0 Å². The highest BCUT2D eigenvalue weighted by atomic mass is 35.5. The number of amides is 1. The van der Waals surface area contributed by atoms with Crippen LogP contribution in [0.15, 0.2) is 12.2 Å².